The molecule has 0 saturated heterocycles. The molecule has 1 amide bonds. The molecule has 0 heterocycles. The Hall–Kier alpha value is -2.49. The van der Waals surface area contributed by atoms with Crippen molar-refractivity contribution in [3.8, 4) is 11.5 Å². The molecule has 2 rings (SSSR count). The molecule has 2 aromatic carbocycles. The van der Waals surface area contributed by atoms with Gasteiger partial charge in [0.1, 0.15) is 11.5 Å². The van der Waals surface area contributed by atoms with Gasteiger partial charge in [-0.05, 0) is 61.9 Å². The number of para-hydroxylation sites is 1. The maximum Gasteiger partial charge on any atom is 0.260 e. The highest BCUT2D eigenvalue weighted by molar-refractivity contribution is 5.80. The Bertz CT molecular complexity index is 710. The summed E-state index contributed by atoms with van der Waals surface area (Å²) in [4.78, 5) is 12.3. The van der Waals surface area contributed by atoms with Crippen molar-refractivity contribution in [2.75, 3.05) is 13.2 Å². The van der Waals surface area contributed by atoms with Gasteiger partial charge in [0.2, 0.25) is 0 Å². The van der Waals surface area contributed by atoms with E-state index in [1.54, 1.807) is 6.92 Å². The summed E-state index contributed by atoms with van der Waals surface area (Å²) in [6.07, 6.45) is 1.28. The predicted octanol–water partition coefficient (Wildman–Crippen LogP) is 4.73. The quantitative estimate of drug-likeness (QED) is 0.616. The van der Waals surface area contributed by atoms with E-state index in [-0.39, 0.29) is 5.91 Å². The highest BCUT2D eigenvalue weighted by atomic mass is 16.5. The summed E-state index contributed by atoms with van der Waals surface area (Å²) in [5.41, 5.74) is 2.36. The molecule has 0 unspecified atom stereocenters. The average molecular weight is 370 g/mol. The third kappa shape index (κ3) is 6.63. The lowest BCUT2D eigenvalue weighted by atomic mass is 10.0. The van der Waals surface area contributed by atoms with Gasteiger partial charge in [-0.25, -0.2) is 0 Å². The molecule has 4 heteroatoms. The first-order valence-electron chi connectivity index (χ1n) is 9.76. The zero-order valence-electron chi connectivity index (χ0n) is 16.8. The lowest BCUT2D eigenvalue weighted by molar-refractivity contribution is -0.127. The minimum absolute atomic E-state index is 0.0831. The van der Waals surface area contributed by atoms with Crippen LogP contribution in [-0.2, 0) is 11.2 Å². The van der Waals surface area contributed by atoms with E-state index in [9.17, 15) is 4.79 Å². The first kappa shape index (κ1) is 20.8. The van der Waals surface area contributed by atoms with Gasteiger partial charge in [0, 0.05) is 6.54 Å². The summed E-state index contributed by atoms with van der Waals surface area (Å²) < 4.78 is 11.3. The smallest absolute Gasteiger partial charge is 0.260 e. The van der Waals surface area contributed by atoms with Crippen molar-refractivity contribution >= 4 is 5.91 Å². The van der Waals surface area contributed by atoms with Crippen LogP contribution in [0.5, 0.6) is 11.5 Å². The topological polar surface area (TPSA) is 47.6 Å². The summed E-state index contributed by atoms with van der Waals surface area (Å²) >= 11 is 0. The van der Waals surface area contributed by atoms with Crippen LogP contribution < -0.4 is 14.8 Å². The van der Waals surface area contributed by atoms with Gasteiger partial charge in [-0.2, -0.15) is 0 Å². The Morgan fingerprint density at radius 2 is 1.74 bits per heavy atom. The molecule has 27 heavy (non-hydrogen) atoms. The second-order valence-corrected chi connectivity index (χ2v) is 6.92. The number of carbonyl (C=O) groups is 1. The Labute approximate surface area is 162 Å². The molecular formula is C23H31NO3. The van der Waals surface area contributed by atoms with Crippen LogP contribution in [-0.4, -0.2) is 25.2 Å². The number of carbonyl (C=O) groups excluding carboxylic acids is 1. The number of amides is 1. The number of hydrogen-bond acceptors (Lipinski definition) is 3. The molecule has 1 atom stereocenters. The molecule has 146 valence electrons. The number of nitrogens with one attached hydrogen (secondary N) is 1. The maximum atomic E-state index is 12.3. The number of rotatable bonds is 10. The zero-order valence-corrected chi connectivity index (χ0v) is 16.8. The number of ether oxygens (including phenoxy) is 2. The van der Waals surface area contributed by atoms with Crippen molar-refractivity contribution in [2.45, 2.75) is 52.6 Å². The number of benzene rings is 2. The van der Waals surface area contributed by atoms with Crippen LogP contribution in [0.2, 0.25) is 0 Å². The van der Waals surface area contributed by atoms with Crippen molar-refractivity contribution in [3.63, 3.8) is 0 Å². The number of hydrogen-bond donors (Lipinski definition) is 1. The van der Waals surface area contributed by atoms with Gasteiger partial charge in [-0.3, -0.25) is 4.79 Å². The first-order valence-corrected chi connectivity index (χ1v) is 9.76. The van der Waals surface area contributed by atoms with E-state index in [0.29, 0.717) is 19.1 Å². The fourth-order valence-corrected chi connectivity index (χ4v) is 2.88. The van der Waals surface area contributed by atoms with Crippen molar-refractivity contribution in [3.05, 3.63) is 59.7 Å². The summed E-state index contributed by atoms with van der Waals surface area (Å²) in [6, 6.07) is 16.0. The van der Waals surface area contributed by atoms with Crippen molar-refractivity contribution < 1.29 is 14.3 Å². The predicted molar refractivity (Wildman–Crippen MR) is 110 cm³/mol. The van der Waals surface area contributed by atoms with Gasteiger partial charge in [0.05, 0.1) is 6.61 Å². The highest BCUT2D eigenvalue weighted by Gasteiger charge is 2.16. The minimum Gasteiger partial charge on any atom is -0.494 e. The standard InChI is InChI=1S/C23H31NO3/c1-5-26-20-14-12-19(13-15-20)9-8-16-24-23(25)18(4)27-22-11-7-6-10-21(22)17(2)3/h6-7,10-15,17-18H,5,8-9,16H2,1-4H3,(H,24,25)/t18-/m0/s1. The molecule has 0 aliphatic heterocycles. The summed E-state index contributed by atoms with van der Waals surface area (Å²) in [7, 11) is 0. The van der Waals surface area contributed by atoms with E-state index in [1.165, 1.54) is 5.56 Å². The van der Waals surface area contributed by atoms with Crippen LogP contribution in [0.1, 0.15) is 51.2 Å². The second-order valence-electron chi connectivity index (χ2n) is 6.92. The molecule has 0 aromatic heterocycles. The molecule has 4 nitrogen and oxygen atoms in total. The minimum atomic E-state index is -0.518. The second kappa shape index (κ2) is 10.6. The zero-order chi connectivity index (χ0) is 19.6. The maximum absolute atomic E-state index is 12.3. The van der Waals surface area contributed by atoms with Crippen LogP contribution in [0.3, 0.4) is 0 Å². The van der Waals surface area contributed by atoms with Gasteiger partial charge >= 0.3 is 0 Å². The molecule has 0 bridgehead atoms. The van der Waals surface area contributed by atoms with Crippen LogP contribution in [0.15, 0.2) is 48.5 Å². The largest absolute Gasteiger partial charge is 0.494 e. The first-order chi connectivity index (χ1) is 13.0. The van der Waals surface area contributed by atoms with Gasteiger partial charge in [0.15, 0.2) is 6.10 Å². The molecular weight excluding hydrogens is 338 g/mol. The van der Waals surface area contributed by atoms with E-state index < -0.39 is 6.10 Å². The SMILES string of the molecule is CCOc1ccc(CCCNC(=O)[C@H](C)Oc2ccccc2C(C)C)cc1. The Morgan fingerprint density at radius 3 is 2.41 bits per heavy atom. The van der Waals surface area contributed by atoms with Gasteiger partial charge in [0.25, 0.3) is 5.91 Å². The monoisotopic (exact) mass is 369 g/mol. The van der Waals surface area contributed by atoms with Crippen molar-refractivity contribution in [1.82, 2.24) is 5.32 Å². The molecule has 0 aliphatic rings. The summed E-state index contributed by atoms with van der Waals surface area (Å²) in [5, 5.41) is 2.96. The average Bonchev–Trinajstić information content (AvgIpc) is 2.66. The third-order valence-corrected chi connectivity index (χ3v) is 4.39. The fraction of sp³-hybridized carbons (Fsp3) is 0.435. The fourth-order valence-electron chi connectivity index (χ4n) is 2.88. The van der Waals surface area contributed by atoms with E-state index >= 15 is 0 Å². The van der Waals surface area contributed by atoms with Crippen LogP contribution in [0.4, 0.5) is 0 Å². The molecule has 0 fully saturated rings. The van der Waals surface area contributed by atoms with Gasteiger partial charge < -0.3 is 14.8 Å². The van der Waals surface area contributed by atoms with Crippen LogP contribution >= 0.6 is 0 Å². The van der Waals surface area contributed by atoms with Crippen LogP contribution in [0.25, 0.3) is 0 Å². The van der Waals surface area contributed by atoms with Crippen molar-refractivity contribution in [2.24, 2.45) is 0 Å². The van der Waals surface area contributed by atoms with Gasteiger partial charge in [-0.15, -0.1) is 0 Å². The highest BCUT2D eigenvalue weighted by Crippen LogP contribution is 2.26. The molecule has 0 spiro atoms. The molecule has 0 radical (unpaired) electrons. The number of aryl methyl sites for hydroxylation is 1. The lowest BCUT2D eigenvalue weighted by Crippen LogP contribution is -2.37. The molecule has 0 aliphatic carbocycles. The lowest BCUT2D eigenvalue weighted by Gasteiger charge is -2.18. The van der Waals surface area contributed by atoms with Crippen LogP contribution in [0, 0.1) is 0 Å². The van der Waals surface area contributed by atoms with E-state index in [2.05, 4.69) is 31.3 Å². The Morgan fingerprint density at radius 1 is 1.04 bits per heavy atom. The Kier molecular flexibility index (Phi) is 8.18. The summed E-state index contributed by atoms with van der Waals surface area (Å²) in [5.74, 6) is 1.94. The van der Waals surface area contributed by atoms with E-state index in [4.69, 9.17) is 9.47 Å². The van der Waals surface area contributed by atoms with Crippen molar-refractivity contribution in [1.29, 1.82) is 0 Å². The summed E-state index contributed by atoms with van der Waals surface area (Å²) in [6.45, 7) is 9.31. The molecule has 2 aromatic rings. The van der Waals surface area contributed by atoms with E-state index in [1.807, 2.05) is 43.3 Å². The Balaban J connectivity index is 1.75. The molecule has 1 N–H and O–H groups in total. The normalized spacial score (nSPS) is 11.9. The third-order valence-electron chi connectivity index (χ3n) is 4.39. The molecule has 0 saturated carbocycles. The van der Waals surface area contributed by atoms with Gasteiger partial charge in [-0.1, -0.05) is 44.2 Å². The van der Waals surface area contributed by atoms with E-state index in [0.717, 1.165) is 29.9 Å².